The van der Waals surface area contributed by atoms with E-state index < -0.39 is 11.7 Å². The molecule has 0 aromatic heterocycles. The summed E-state index contributed by atoms with van der Waals surface area (Å²) in [5.74, 6) is -0.239. The van der Waals surface area contributed by atoms with E-state index in [1.165, 1.54) is 6.07 Å². The third-order valence-corrected chi connectivity index (χ3v) is 4.89. The van der Waals surface area contributed by atoms with E-state index in [2.05, 4.69) is 15.5 Å². The molecular weight excluding hydrogens is 402 g/mol. The van der Waals surface area contributed by atoms with Crippen LogP contribution in [0.5, 0.6) is 0 Å². The number of halogens is 5. The maximum Gasteiger partial charge on any atom is 0.416 e. The molecule has 0 bridgehead atoms. The van der Waals surface area contributed by atoms with Crippen molar-refractivity contribution in [3.05, 3.63) is 23.8 Å². The van der Waals surface area contributed by atoms with E-state index in [0.717, 1.165) is 63.9 Å². The maximum atomic E-state index is 13.1. The van der Waals surface area contributed by atoms with E-state index in [-0.39, 0.29) is 48.9 Å². The minimum absolute atomic E-state index is 0. The van der Waals surface area contributed by atoms with Crippen LogP contribution < -0.4 is 15.5 Å². The third kappa shape index (κ3) is 6.43. The van der Waals surface area contributed by atoms with Gasteiger partial charge in [0.15, 0.2) is 0 Å². The molecule has 0 saturated carbocycles. The molecule has 27 heavy (non-hydrogen) atoms. The number of anilines is 2. The van der Waals surface area contributed by atoms with E-state index in [9.17, 15) is 18.0 Å². The summed E-state index contributed by atoms with van der Waals surface area (Å²) in [4.78, 5) is 14.4. The Bertz CT molecular complexity index is 616. The van der Waals surface area contributed by atoms with Crippen LogP contribution in [-0.2, 0) is 11.0 Å². The van der Waals surface area contributed by atoms with Crippen LogP contribution in [0.3, 0.4) is 0 Å². The van der Waals surface area contributed by atoms with Crippen molar-refractivity contribution in [1.29, 1.82) is 0 Å². The normalized spacial score (nSPS) is 19.8. The van der Waals surface area contributed by atoms with Gasteiger partial charge in [-0.15, -0.1) is 24.8 Å². The molecule has 9 heteroatoms. The Morgan fingerprint density at radius 2 is 1.85 bits per heavy atom. The average Bonchev–Trinajstić information content (AvgIpc) is 3.07. The summed E-state index contributed by atoms with van der Waals surface area (Å²) in [6.07, 6.45) is 0.977. The number of benzene rings is 1. The Kier molecular flexibility index (Phi) is 9.18. The van der Waals surface area contributed by atoms with Crippen LogP contribution in [0.15, 0.2) is 18.2 Å². The number of piperidine rings is 1. The van der Waals surface area contributed by atoms with Crippen LogP contribution in [0.4, 0.5) is 24.5 Å². The zero-order valence-electron chi connectivity index (χ0n) is 15.0. The zero-order chi connectivity index (χ0) is 17.9. The predicted molar refractivity (Wildman–Crippen MR) is 106 cm³/mol. The van der Waals surface area contributed by atoms with E-state index >= 15 is 0 Å². The molecule has 2 fully saturated rings. The molecule has 1 amide bonds. The molecule has 0 aliphatic carbocycles. The lowest BCUT2D eigenvalue weighted by Crippen LogP contribution is -2.31. The van der Waals surface area contributed by atoms with Gasteiger partial charge in [-0.2, -0.15) is 13.2 Å². The third-order valence-electron chi connectivity index (χ3n) is 4.89. The molecule has 0 spiro atoms. The second-order valence-electron chi connectivity index (χ2n) is 6.82. The van der Waals surface area contributed by atoms with Crippen molar-refractivity contribution >= 4 is 42.1 Å². The van der Waals surface area contributed by atoms with Crippen LogP contribution in [-0.4, -0.2) is 31.6 Å². The topological polar surface area (TPSA) is 44.4 Å². The van der Waals surface area contributed by atoms with Gasteiger partial charge in [0.05, 0.1) is 16.9 Å². The summed E-state index contributed by atoms with van der Waals surface area (Å²) in [6.45, 7) is 2.50. The zero-order valence-corrected chi connectivity index (χ0v) is 16.6. The number of nitrogens with one attached hydrogen (secondary N) is 2. The second-order valence-corrected chi connectivity index (χ2v) is 6.82. The van der Waals surface area contributed by atoms with Crippen molar-refractivity contribution in [3.8, 4) is 0 Å². The molecule has 2 saturated heterocycles. The molecule has 1 aromatic rings. The highest BCUT2D eigenvalue weighted by atomic mass is 35.5. The van der Waals surface area contributed by atoms with Gasteiger partial charge in [-0.1, -0.05) is 0 Å². The van der Waals surface area contributed by atoms with Crippen molar-refractivity contribution in [2.45, 2.75) is 50.7 Å². The van der Waals surface area contributed by atoms with Gasteiger partial charge in [0.1, 0.15) is 0 Å². The number of alkyl halides is 3. The number of hydrogen-bond acceptors (Lipinski definition) is 3. The average molecular weight is 428 g/mol. The first-order chi connectivity index (χ1) is 11.9. The molecule has 2 aliphatic heterocycles. The van der Waals surface area contributed by atoms with Crippen LogP contribution in [0.25, 0.3) is 0 Å². The first-order valence-corrected chi connectivity index (χ1v) is 8.93. The Morgan fingerprint density at radius 3 is 2.44 bits per heavy atom. The highest BCUT2D eigenvalue weighted by molar-refractivity contribution is 5.95. The number of amides is 1. The Morgan fingerprint density at radius 1 is 1.15 bits per heavy atom. The molecule has 154 valence electrons. The van der Waals surface area contributed by atoms with Crippen LogP contribution in [0, 0.1) is 0 Å². The van der Waals surface area contributed by atoms with Crippen LogP contribution >= 0.6 is 24.8 Å². The monoisotopic (exact) mass is 427 g/mol. The number of carbonyl (C=O) groups is 1. The van der Waals surface area contributed by atoms with Gasteiger partial charge in [-0.3, -0.25) is 4.79 Å². The number of carbonyl (C=O) groups excluding carboxylic acids is 1. The van der Waals surface area contributed by atoms with E-state index in [1.54, 1.807) is 0 Å². The maximum absolute atomic E-state index is 13.1. The van der Waals surface area contributed by atoms with Crippen molar-refractivity contribution < 1.29 is 18.0 Å². The minimum Gasteiger partial charge on any atom is -0.370 e. The first kappa shape index (κ1) is 23.9. The van der Waals surface area contributed by atoms with Crippen molar-refractivity contribution in [2.75, 3.05) is 29.9 Å². The lowest BCUT2D eigenvalue weighted by molar-refractivity contribution is -0.137. The Labute approximate surface area is 170 Å². The summed E-state index contributed by atoms with van der Waals surface area (Å²) in [5, 5.41) is 5.96. The Balaban J connectivity index is 0.00000182. The van der Waals surface area contributed by atoms with Gasteiger partial charge in [0.2, 0.25) is 5.91 Å². The van der Waals surface area contributed by atoms with Crippen molar-refractivity contribution in [2.24, 2.45) is 0 Å². The molecule has 1 unspecified atom stereocenters. The summed E-state index contributed by atoms with van der Waals surface area (Å²) in [6, 6.07) is 3.75. The van der Waals surface area contributed by atoms with Gasteiger partial charge in [-0.25, -0.2) is 0 Å². The number of rotatable bonds is 4. The lowest BCUT2D eigenvalue weighted by Gasteiger charge is -2.31. The number of nitrogens with zero attached hydrogens (tertiary/aromatic N) is 1. The molecule has 2 aliphatic rings. The largest absolute Gasteiger partial charge is 0.416 e. The van der Waals surface area contributed by atoms with Crippen molar-refractivity contribution in [3.63, 3.8) is 0 Å². The van der Waals surface area contributed by atoms with Gasteiger partial charge >= 0.3 is 6.18 Å². The van der Waals surface area contributed by atoms with Gasteiger partial charge in [0, 0.05) is 25.6 Å². The fourth-order valence-corrected chi connectivity index (χ4v) is 3.58. The highest BCUT2D eigenvalue weighted by Crippen LogP contribution is 2.36. The van der Waals surface area contributed by atoms with Gasteiger partial charge in [0.25, 0.3) is 0 Å². The first-order valence-electron chi connectivity index (χ1n) is 8.93. The smallest absolute Gasteiger partial charge is 0.370 e. The molecule has 0 radical (unpaired) electrons. The molecule has 3 rings (SSSR count). The molecule has 2 heterocycles. The van der Waals surface area contributed by atoms with E-state index in [4.69, 9.17) is 0 Å². The lowest BCUT2D eigenvalue weighted by atomic mass is 10.1. The molecule has 1 atom stereocenters. The van der Waals surface area contributed by atoms with Crippen molar-refractivity contribution in [1.82, 2.24) is 5.32 Å². The predicted octanol–water partition coefficient (Wildman–Crippen LogP) is 4.62. The van der Waals surface area contributed by atoms with Gasteiger partial charge < -0.3 is 15.5 Å². The van der Waals surface area contributed by atoms with Gasteiger partial charge in [-0.05, 0) is 56.8 Å². The second kappa shape index (κ2) is 10.4. The Hall–Kier alpha value is -1.18. The molecule has 2 N–H and O–H groups in total. The summed E-state index contributed by atoms with van der Waals surface area (Å²) in [7, 11) is 0. The van der Waals surface area contributed by atoms with Crippen LogP contribution in [0.2, 0.25) is 0 Å². The molecule has 1 aromatic carbocycles. The summed E-state index contributed by atoms with van der Waals surface area (Å²) in [5.41, 5.74) is 0.211. The SMILES string of the molecule is Cl.Cl.O=C(CC1CCCN1)Nc1cc(C(F)(F)F)ccc1N1CCCCC1. The van der Waals surface area contributed by atoms with E-state index in [0.29, 0.717) is 5.69 Å². The molecule has 4 nitrogen and oxygen atoms in total. The summed E-state index contributed by atoms with van der Waals surface area (Å²) >= 11 is 0. The standard InChI is InChI=1S/C18H24F3N3O.2ClH/c19-18(20,21)13-6-7-16(24-9-2-1-3-10-24)15(11-13)23-17(25)12-14-5-4-8-22-14;;/h6-7,11,14,22H,1-5,8-10,12H2,(H,23,25);2*1H. The minimum atomic E-state index is -4.42. The van der Waals surface area contributed by atoms with Crippen LogP contribution in [0.1, 0.15) is 44.1 Å². The molecular formula is C18H26Cl2F3N3O. The highest BCUT2D eigenvalue weighted by Gasteiger charge is 2.32. The summed E-state index contributed by atoms with van der Waals surface area (Å²) < 4.78 is 39.2. The fraction of sp³-hybridized carbons (Fsp3) is 0.611. The fourth-order valence-electron chi connectivity index (χ4n) is 3.58. The quantitative estimate of drug-likeness (QED) is 0.736. The number of hydrogen-bond donors (Lipinski definition) is 2. The van der Waals surface area contributed by atoms with E-state index in [1.807, 2.05) is 0 Å².